The van der Waals surface area contributed by atoms with Crippen molar-refractivity contribution in [3.63, 3.8) is 0 Å². The fourth-order valence-corrected chi connectivity index (χ4v) is 2.55. The fraction of sp³-hybridized carbons (Fsp3) is 0.533. The summed E-state index contributed by atoms with van der Waals surface area (Å²) in [5.41, 5.74) is 2.00. The Morgan fingerprint density at radius 1 is 1.24 bits per heavy atom. The topological polar surface area (TPSA) is 27.0 Å². The van der Waals surface area contributed by atoms with Gasteiger partial charge in [0.2, 0.25) is 0 Å². The highest BCUT2D eigenvalue weighted by Crippen LogP contribution is 2.31. The maximum atomic E-state index is 9.53. The van der Waals surface area contributed by atoms with Crippen LogP contribution in [-0.4, -0.2) is 18.0 Å². The van der Waals surface area contributed by atoms with Crippen LogP contribution >= 0.6 is 0 Å². The Morgan fingerprint density at radius 3 is 2.29 bits per heavy atom. The second-order valence-corrected chi connectivity index (χ2v) is 4.93. The summed E-state index contributed by atoms with van der Waals surface area (Å²) in [7, 11) is 0. The summed E-state index contributed by atoms with van der Waals surface area (Å²) in [6.07, 6.45) is 3.47. The Hall–Kier alpha value is -1.33. The van der Waals surface area contributed by atoms with Crippen molar-refractivity contribution < 1.29 is 0 Å². The van der Waals surface area contributed by atoms with Crippen LogP contribution in [0.3, 0.4) is 0 Å². The van der Waals surface area contributed by atoms with Crippen LogP contribution in [-0.2, 0) is 12.0 Å². The van der Waals surface area contributed by atoms with Gasteiger partial charge >= 0.3 is 0 Å². The highest BCUT2D eigenvalue weighted by atomic mass is 15.2. The van der Waals surface area contributed by atoms with Crippen molar-refractivity contribution in [1.29, 1.82) is 5.26 Å². The Balaban J connectivity index is 2.30. The molecule has 1 fully saturated rings. The zero-order valence-electron chi connectivity index (χ0n) is 10.7. The molecule has 2 heteroatoms. The van der Waals surface area contributed by atoms with Gasteiger partial charge in [-0.25, -0.2) is 0 Å². The summed E-state index contributed by atoms with van der Waals surface area (Å²) in [4.78, 5) is 2.30. The lowest BCUT2D eigenvalue weighted by Crippen LogP contribution is -2.40. The SMILES string of the molecule is CCc1ccc(C(C)(C#N)N2CCCC2)cc1. The van der Waals surface area contributed by atoms with Crippen LogP contribution in [0.1, 0.15) is 37.8 Å². The summed E-state index contributed by atoms with van der Waals surface area (Å²) in [5, 5.41) is 9.53. The molecule has 0 amide bonds. The number of nitrogens with zero attached hydrogens (tertiary/aromatic N) is 2. The van der Waals surface area contributed by atoms with Crippen LogP contribution in [0.25, 0.3) is 0 Å². The molecule has 1 saturated heterocycles. The van der Waals surface area contributed by atoms with E-state index in [0.717, 1.165) is 25.1 Å². The van der Waals surface area contributed by atoms with Gasteiger partial charge in [-0.15, -0.1) is 0 Å². The second kappa shape index (κ2) is 4.89. The van der Waals surface area contributed by atoms with Crippen LogP contribution in [0.2, 0.25) is 0 Å². The van der Waals surface area contributed by atoms with Crippen molar-refractivity contribution in [3.05, 3.63) is 35.4 Å². The van der Waals surface area contributed by atoms with Crippen LogP contribution in [0.5, 0.6) is 0 Å². The molecule has 0 aromatic heterocycles. The molecule has 90 valence electrons. The molecule has 1 aromatic carbocycles. The molecular formula is C15H20N2. The molecular weight excluding hydrogens is 208 g/mol. The zero-order chi connectivity index (χ0) is 12.3. The summed E-state index contributed by atoms with van der Waals surface area (Å²) >= 11 is 0. The zero-order valence-corrected chi connectivity index (χ0v) is 10.7. The first-order valence-electron chi connectivity index (χ1n) is 6.46. The van der Waals surface area contributed by atoms with Crippen LogP contribution < -0.4 is 0 Å². The summed E-state index contributed by atoms with van der Waals surface area (Å²) < 4.78 is 0. The van der Waals surface area contributed by atoms with E-state index in [1.165, 1.54) is 18.4 Å². The van der Waals surface area contributed by atoms with Gasteiger partial charge in [0.25, 0.3) is 0 Å². The number of benzene rings is 1. The molecule has 17 heavy (non-hydrogen) atoms. The van der Waals surface area contributed by atoms with E-state index in [2.05, 4.69) is 42.2 Å². The number of rotatable bonds is 3. The van der Waals surface area contributed by atoms with E-state index in [-0.39, 0.29) is 0 Å². The maximum Gasteiger partial charge on any atom is 0.131 e. The minimum absolute atomic E-state index is 0.456. The third-order valence-corrected chi connectivity index (χ3v) is 3.88. The van der Waals surface area contributed by atoms with Crippen molar-refractivity contribution in [2.45, 2.75) is 38.6 Å². The van der Waals surface area contributed by atoms with E-state index in [0.29, 0.717) is 0 Å². The van der Waals surface area contributed by atoms with Crippen LogP contribution in [0.15, 0.2) is 24.3 Å². The summed E-state index contributed by atoms with van der Waals surface area (Å²) in [5.74, 6) is 0. The van der Waals surface area contributed by atoms with Gasteiger partial charge in [-0.3, -0.25) is 4.90 Å². The van der Waals surface area contributed by atoms with Crippen molar-refractivity contribution in [3.8, 4) is 6.07 Å². The quantitative estimate of drug-likeness (QED) is 0.795. The van der Waals surface area contributed by atoms with Gasteiger partial charge in [0.15, 0.2) is 0 Å². The molecule has 1 heterocycles. The summed E-state index contributed by atoms with van der Waals surface area (Å²) in [6.45, 7) is 6.28. The monoisotopic (exact) mass is 228 g/mol. The smallest absolute Gasteiger partial charge is 0.131 e. The highest BCUT2D eigenvalue weighted by Gasteiger charge is 2.35. The van der Waals surface area contributed by atoms with Crippen LogP contribution in [0.4, 0.5) is 0 Å². The molecule has 2 nitrogen and oxygen atoms in total. The average Bonchev–Trinajstić information content (AvgIpc) is 2.92. The van der Waals surface area contributed by atoms with Gasteiger partial charge in [0.05, 0.1) is 6.07 Å². The minimum Gasteiger partial charge on any atom is -0.282 e. The predicted molar refractivity (Wildman–Crippen MR) is 69.6 cm³/mol. The normalized spacial score (nSPS) is 19.8. The van der Waals surface area contributed by atoms with E-state index in [4.69, 9.17) is 0 Å². The van der Waals surface area contributed by atoms with Gasteiger partial charge in [-0.05, 0) is 50.4 Å². The first-order valence-corrected chi connectivity index (χ1v) is 6.46. The lowest BCUT2D eigenvalue weighted by atomic mass is 9.91. The molecule has 0 spiro atoms. The standard InChI is InChI=1S/C15H20N2/c1-3-13-6-8-14(9-7-13)15(2,12-16)17-10-4-5-11-17/h6-9H,3-5,10-11H2,1-2H3. The Morgan fingerprint density at radius 2 is 1.82 bits per heavy atom. The molecule has 0 bridgehead atoms. The first kappa shape index (κ1) is 12.1. The van der Waals surface area contributed by atoms with E-state index < -0.39 is 5.54 Å². The number of likely N-dealkylation sites (tertiary alicyclic amines) is 1. The van der Waals surface area contributed by atoms with Gasteiger partial charge < -0.3 is 0 Å². The van der Waals surface area contributed by atoms with Crippen molar-refractivity contribution in [1.82, 2.24) is 4.90 Å². The summed E-state index contributed by atoms with van der Waals surface area (Å²) in [6, 6.07) is 11.0. The molecule has 1 aromatic rings. The first-order chi connectivity index (χ1) is 8.20. The Labute approximate surface area is 104 Å². The minimum atomic E-state index is -0.456. The molecule has 0 radical (unpaired) electrons. The van der Waals surface area contributed by atoms with Crippen molar-refractivity contribution in [2.24, 2.45) is 0 Å². The fourth-order valence-electron chi connectivity index (χ4n) is 2.55. The number of aryl methyl sites for hydroxylation is 1. The number of hydrogen-bond donors (Lipinski definition) is 0. The van der Waals surface area contributed by atoms with Crippen molar-refractivity contribution >= 4 is 0 Å². The molecule has 1 unspecified atom stereocenters. The van der Waals surface area contributed by atoms with Gasteiger partial charge in [-0.2, -0.15) is 5.26 Å². The maximum absolute atomic E-state index is 9.53. The molecule has 2 rings (SSSR count). The Bertz CT molecular complexity index is 410. The lowest BCUT2D eigenvalue weighted by molar-refractivity contribution is 0.193. The molecule has 1 aliphatic heterocycles. The van der Waals surface area contributed by atoms with Gasteiger partial charge in [-0.1, -0.05) is 31.2 Å². The van der Waals surface area contributed by atoms with E-state index in [1.807, 2.05) is 6.92 Å². The molecule has 1 aliphatic rings. The third-order valence-electron chi connectivity index (χ3n) is 3.88. The van der Waals surface area contributed by atoms with E-state index in [9.17, 15) is 5.26 Å². The average molecular weight is 228 g/mol. The highest BCUT2D eigenvalue weighted by molar-refractivity contribution is 5.33. The van der Waals surface area contributed by atoms with Gasteiger partial charge in [0, 0.05) is 0 Å². The molecule has 0 N–H and O–H groups in total. The molecule has 0 aliphatic carbocycles. The largest absolute Gasteiger partial charge is 0.282 e. The lowest BCUT2D eigenvalue weighted by Gasteiger charge is -2.32. The van der Waals surface area contributed by atoms with E-state index >= 15 is 0 Å². The molecule has 1 atom stereocenters. The molecule has 0 saturated carbocycles. The van der Waals surface area contributed by atoms with E-state index in [1.54, 1.807) is 0 Å². The number of hydrogen-bond acceptors (Lipinski definition) is 2. The van der Waals surface area contributed by atoms with Gasteiger partial charge in [0.1, 0.15) is 5.54 Å². The Kier molecular flexibility index (Phi) is 3.49. The van der Waals surface area contributed by atoms with Crippen LogP contribution in [0, 0.1) is 11.3 Å². The predicted octanol–water partition coefficient (Wildman–Crippen LogP) is 3.08. The number of nitriles is 1. The third kappa shape index (κ3) is 2.21. The second-order valence-electron chi connectivity index (χ2n) is 4.93. The van der Waals surface area contributed by atoms with Crippen molar-refractivity contribution in [2.75, 3.05) is 13.1 Å².